The molecule has 2 heterocycles. The van der Waals surface area contributed by atoms with Crippen LogP contribution >= 0.6 is 0 Å². The normalized spacial score (nSPS) is 19.9. The SMILES string of the molecule is CCOC1(c2noc(CC(NC)C(C)C)n2)CCOCC1. The molecule has 1 aromatic heterocycles. The van der Waals surface area contributed by atoms with Crippen molar-refractivity contribution in [3.05, 3.63) is 11.7 Å². The van der Waals surface area contributed by atoms with E-state index >= 15 is 0 Å². The highest BCUT2D eigenvalue weighted by Crippen LogP contribution is 2.34. The highest BCUT2D eigenvalue weighted by Gasteiger charge is 2.40. The largest absolute Gasteiger partial charge is 0.381 e. The maximum atomic E-state index is 5.97. The standard InChI is InChI=1S/C15H27N3O3/c1-5-20-15(6-8-19-9-7-15)14-17-13(21-18-14)10-12(16-4)11(2)3/h11-12,16H,5-10H2,1-4H3. The fraction of sp³-hybridized carbons (Fsp3) is 0.867. The average molecular weight is 297 g/mol. The summed E-state index contributed by atoms with van der Waals surface area (Å²) in [6.45, 7) is 8.34. The predicted molar refractivity (Wildman–Crippen MR) is 79.0 cm³/mol. The highest BCUT2D eigenvalue weighted by atomic mass is 16.5. The first-order chi connectivity index (χ1) is 10.1. The lowest BCUT2D eigenvalue weighted by atomic mass is 9.93. The molecule has 0 bridgehead atoms. The third kappa shape index (κ3) is 3.81. The molecule has 0 spiro atoms. The van der Waals surface area contributed by atoms with Crippen LogP contribution in [0.15, 0.2) is 4.52 Å². The summed E-state index contributed by atoms with van der Waals surface area (Å²) < 4.78 is 16.9. The Balaban J connectivity index is 2.13. The van der Waals surface area contributed by atoms with Gasteiger partial charge < -0.3 is 19.3 Å². The van der Waals surface area contributed by atoms with Gasteiger partial charge in [0.05, 0.1) is 0 Å². The summed E-state index contributed by atoms with van der Waals surface area (Å²) in [7, 11) is 1.96. The maximum absolute atomic E-state index is 5.97. The van der Waals surface area contributed by atoms with Crippen LogP contribution in [-0.4, -0.2) is 43.1 Å². The van der Waals surface area contributed by atoms with Gasteiger partial charge in [0.25, 0.3) is 0 Å². The van der Waals surface area contributed by atoms with Crippen molar-refractivity contribution in [1.29, 1.82) is 0 Å². The van der Waals surface area contributed by atoms with Crippen molar-refractivity contribution < 1.29 is 14.0 Å². The lowest BCUT2D eigenvalue weighted by Crippen LogP contribution is -2.38. The number of hydrogen-bond donors (Lipinski definition) is 1. The van der Waals surface area contributed by atoms with Crippen LogP contribution in [0.2, 0.25) is 0 Å². The van der Waals surface area contributed by atoms with E-state index in [-0.39, 0.29) is 0 Å². The van der Waals surface area contributed by atoms with Crippen LogP contribution in [0, 0.1) is 5.92 Å². The molecule has 6 nitrogen and oxygen atoms in total. The van der Waals surface area contributed by atoms with E-state index in [0.29, 0.717) is 43.5 Å². The van der Waals surface area contributed by atoms with Gasteiger partial charge in [-0.1, -0.05) is 19.0 Å². The van der Waals surface area contributed by atoms with Gasteiger partial charge in [-0.3, -0.25) is 0 Å². The van der Waals surface area contributed by atoms with Crippen LogP contribution in [0.3, 0.4) is 0 Å². The number of aromatic nitrogens is 2. The van der Waals surface area contributed by atoms with Gasteiger partial charge in [-0.25, -0.2) is 0 Å². The predicted octanol–water partition coefficient (Wildman–Crippen LogP) is 1.90. The molecule has 0 aliphatic carbocycles. The van der Waals surface area contributed by atoms with Gasteiger partial charge in [-0.15, -0.1) is 0 Å². The van der Waals surface area contributed by atoms with Gasteiger partial charge in [0.15, 0.2) is 0 Å². The molecule has 120 valence electrons. The summed E-state index contributed by atoms with van der Waals surface area (Å²) >= 11 is 0. The summed E-state index contributed by atoms with van der Waals surface area (Å²) in [5.74, 6) is 1.85. The Morgan fingerprint density at radius 3 is 2.62 bits per heavy atom. The van der Waals surface area contributed by atoms with Crippen molar-refractivity contribution in [2.24, 2.45) is 5.92 Å². The summed E-state index contributed by atoms with van der Waals surface area (Å²) in [6, 6.07) is 0.330. The summed E-state index contributed by atoms with van der Waals surface area (Å²) in [6.07, 6.45) is 2.29. The van der Waals surface area contributed by atoms with Gasteiger partial charge in [-0.2, -0.15) is 4.98 Å². The molecule has 6 heteroatoms. The van der Waals surface area contributed by atoms with Gasteiger partial charge in [0, 0.05) is 45.1 Å². The summed E-state index contributed by atoms with van der Waals surface area (Å²) in [4.78, 5) is 4.60. The van der Waals surface area contributed by atoms with Gasteiger partial charge in [-0.05, 0) is 19.9 Å². The monoisotopic (exact) mass is 297 g/mol. The molecule has 0 saturated carbocycles. The molecule has 1 saturated heterocycles. The molecule has 0 amide bonds. The van der Waals surface area contributed by atoms with E-state index in [9.17, 15) is 0 Å². The van der Waals surface area contributed by atoms with Crippen LogP contribution in [0.1, 0.15) is 45.3 Å². The molecular weight excluding hydrogens is 270 g/mol. The van der Waals surface area contributed by atoms with E-state index in [1.165, 1.54) is 0 Å². The average Bonchev–Trinajstić information content (AvgIpc) is 2.95. The maximum Gasteiger partial charge on any atom is 0.228 e. The third-order valence-corrected chi connectivity index (χ3v) is 4.17. The van der Waals surface area contributed by atoms with Crippen LogP contribution in [-0.2, 0) is 21.5 Å². The summed E-state index contributed by atoms with van der Waals surface area (Å²) in [5, 5.41) is 7.48. The van der Waals surface area contributed by atoms with Crippen molar-refractivity contribution in [3.8, 4) is 0 Å². The molecule has 1 aliphatic heterocycles. The molecule has 1 aliphatic rings. The number of nitrogens with zero attached hydrogens (tertiary/aromatic N) is 2. The van der Waals surface area contributed by atoms with E-state index in [4.69, 9.17) is 14.0 Å². The Morgan fingerprint density at radius 2 is 2.05 bits per heavy atom. The van der Waals surface area contributed by atoms with Crippen molar-refractivity contribution in [2.75, 3.05) is 26.9 Å². The second-order valence-corrected chi connectivity index (χ2v) is 5.89. The first-order valence-electron chi connectivity index (χ1n) is 7.83. The summed E-state index contributed by atoms with van der Waals surface area (Å²) in [5.41, 5.74) is -0.443. The molecule has 1 atom stereocenters. The first-order valence-corrected chi connectivity index (χ1v) is 7.83. The van der Waals surface area contributed by atoms with E-state index < -0.39 is 5.60 Å². The third-order valence-electron chi connectivity index (χ3n) is 4.17. The van der Waals surface area contributed by atoms with Crippen molar-refractivity contribution in [2.45, 2.75) is 51.7 Å². The molecule has 1 fully saturated rings. The van der Waals surface area contributed by atoms with Crippen LogP contribution < -0.4 is 5.32 Å². The second-order valence-electron chi connectivity index (χ2n) is 5.89. The zero-order valence-electron chi connectivity index (χ0n) is 13.5. The number of likely N-dealkylation sites (N-methyl/N-ethyl adjacent to an activating group) is 1. The van der Waals surface area contributed by atoms with Crippen LogP contribution in [0.4, 0.5) is 0 Å². The Labute approximate surface area is 126 Å². The molecular formula is C15H27N3O3. The lowest BCUT2D eigenvalue weighted by molar-refractivity contribution is -0.118. The van der Waals surface area contributed by atoms with Crippen molar-refractivity contribution >= 4 is 0 Å². The minimum atomic E-state index is -0.443. The number of nitrogens with one attached hydrogen (secondary N) is 1. The molecule has 21 heavy (non-hydrogen) atoms. The van der Waals surface area contributed by atoms with E-state index in [1.807, 2.05) is 14.0 Å². The fourth-order valence-corrected chi connectivity index (χ4v) is 2.79. The molecule has 1 aromatic rings. The van der Waals surface area contributed by atoms with E-state index in [0.717, 1.165) is 19.3 Å². The Bertz CT molecular complexity index is 422. The number of hydrogen-bond acceptors (Lipinski definition) is 6. The Morgan fingerprint density at radius 1 is 1.33 bits per heavy atom. The molecule has 0 aromatic carbocycles. The van der Waals surface area contributed by atoms with E-state index in [2.05, 4.69) is 29.3 Å². The Hall–Kier alpha value is -0.980. The lowest BCUT2D eigenvalue weighted by Gasteiger charge is -2.33. The quantitative estimate of drug-likeness (QED) is 0.829. The van der Waals surface area contributed by atoms with E-state index in [1.54, 1.807) is 0 Å². The van der Waals surface area contributed by atoms with Crippen LogP contribution in [0.25, 0.3) is 0 Å². The van der Waals surface area contributed by atoms with Crippen molar-refractivity contribution in [1.82, 2.24) is 15.5 Å². The van der Waals surface area contributed by atoms with Gasteiger partial charge >= 0.3 is 0 Å². The zero-order valence-corrected chi connectivity index (χ0v) is 13.5. The second kappa shape index (κ2) is 7.33. The smallest absolute Gasteiger partial charge is 0.228 e. The Kier molecular flexibility index (Phi) is 5.72. The molecule has 2 rings (SSSR count). The molecule has 1 unspecified atom stereocenters. The number of ether oxygens (including phenoxy) is 2. The molecule has 1 N–H and O–H groups in total. The van der Waals surface area contributed by atoms with Gasteiger partial charge in [0.1, 0.15) is 5.60 Å². The highest BCUT2D eigenvalue weighted by molar-refractivity contribution is 5.04. The number of rotatable bonds is 7. The van der Waals surface area contributed by atoms with Crippen LogP contribution in [0.5, 0.6) is 0 Å². The molecule has 0 radical (unpaired) electrons. The minimum absolute atomic E-state index is 0.330. The zero-order chi connectivity index (χ0) is 15.3. The fourth-order valence-electron chi connectivity index (χ4n) is 2.79. The van der Waals surface area contributed by atoms with Crippen molar-refractivity contribution in [3.63, 3.8) is 0 Å². The van der Waals surface area contributed by atoms with Gasteiger partial charge in [0.2, 0.25) is 11.7 Å². The first kappa shape index (κ1) is 16.4. The minimum Gasteiger partial charge on any atom is -0.381 e. The topological polar surface area (TPSA) is 69.4 Å².